The number of sulfonamides is 1. The molecular weight excluding hydrogens is 389 g/mol. The van der Waals surface area contributed by atoms with Gasteiger partial charge in [0.2, 0.25) is 15.9 Å². The minimum absolute atomic E-state index is 0.117. The highest BCUT2D eigenvalue weighted by atomic mass is 32.2. The van der Waals surface area contributed by atoms with Gasteiger partial charge >= 0.3 is 6.36 Å². The van der Waals surface area contributed by atoms with Gasteiger partial charge in [-0.3, -0.25) is 9.63 Å². The second-order valence-corrected chi connectivity index (χ2v) is 8.40. The minimum Gasteiger partial charge on any atom is -0.406 e. The van der Waals surface area contributed by atoms with E-state index in [1.165, 1.54) is 9.37 Å². The molecule has 0 radical (unpaired) electrons. The molecule has 2 aliphatic heterocycles. The van der Waals surface area contributed by atoms with Gasteiger partial charge in [-0.1, -0.05) is 0 Å². The van der Waals surface area contributed by atoms with Gasteiger partial charge in [-0.2, -0.15) is 4.31 Å². The molecule has 0 N–H and O–H groups in total. The molecule has 3 rings (SSSR count). The fourth-order valence-corrected chi connectivity index (χ4v) is 4.73. The fraction of sp³-hybridized carbons (Fsp3) is 0.562. The maximum atomic E-state index is 12.7. The molecule has 1 amide bonds. The maximum Gasteiger partial charge on any atom is 0.573 e. The SMILES string of the molecule is CCN1OC2(CCN(S(=O)(=O)c3ccc(OC(F)(F)F)cc3)CC2)CC1=O. The summed E-state index contributed by atoms with van der Waals surface area (Å²) in [6.45, 7) is 2.54. The highest BCUT2D eigenvalue weighted by Gasteiger charge is 2.48. The van der Waals surface area contributed by atoms with Crippen LogP contribution < -0.4 is 4.74 Å². The quantitative estimate of drug-likeness (QED) is 0.764. The Morgan fingerprint density at radius 1 is 1.19 bits per heavy atom. The molecule has 1 spiro atoms. The first-order valence-electron chi connectivity index (χ1n) is 8.40. The van der Waals surface area contributed by atoms with Gasteiger partial charge in [-0.05, 0) is 44.0 Å². The van der Waals surface area contributed by atoms with Gasteiger partial charge in [-0.15, -0.1) is 13.2 Å². The highest BCUT2D eigenvalue weighted by Crippen LogP contribution is 2.37. The highest BCUT2D eigenvalue weighted by molar-refractivity contribution is 7.89. The van der Waals surface area contributed by atoms with E-state index in [1.807, 2.05) is 0 Å². The minimum atomic E-state index is -4.84. The van der Waals surface area contributed by atoms with Gasteiger partial charge in [0, 0.05) is 19.6 Å². The van der Waals surface area contributed by atoms with Crippen molar-refractivity contribution < 1.29 is 36.0 Å². The number of hydroxylamine groups is 2. The van der Waals surface area contributed by atoms with Crippen LogP contribution in [0.2, 0.25) is 0 Å². The number of benzene rings is 1. The molecule has 0 aliphatic carbocycles. The van der Waals surface area contributed by atoms with Crippen molar-refractivity contribution in [2.45, 2.75) is 43.0 Å². The van der Waals surface area contributed by atoms with Crippen LogP contribution in [0.4, 0.5) is 13.2 Å². The normalized spacial score (nSPS) is 21.0. The summed E-state index contributed by atoms with van der Waals surface area (Å²) in [6.07, 6.45) is -3.89. The molecule has 0 bridgehead atoms. The average molecular weight is 408 g/mol. The van der Waals surface area contributed by atoms with E-state index in [2.05, 4.69) is 4.74 Å². The van der Waals surface area contributed by atoms with Gasteiger partial charge < -0.3 is 4.74 Å². The topological polar surface area (TPSA) is 76.2 Å². The predicted molar refractivity (Wildman–Crippen MR) is 86.9 cm³/mol. The Labute approximate surface area is 154 Å². The zero-order valence-electron chi connectivity index (χ0n) is 14.5. The number of carbonyl (C=O) groups is 1. The van der Waals surface area contributed by atoms with Crippen molar-refractivity contribution in [3.63, 3.8) is 0 Å². The zero-order chi connectivity index (χ0) is 19.9. The van der Waals surface area contributed by atoms with Crippen molar-refractivity contribution in [3.8, 4) is 5.75 Å². The Hall–Kier alpha value is -1.85. The third-order valence-corrected chi connectivity index (χ3v) is 6.58. The molecule has 7 nitrogen and oxygen atoms in total. The molecule has 0 atom stereocenters. The summed E-state index contributed by atoms with van der Waals surface area (Å²) >= 11 is 0. The number of alkyl halides is 3. The summed E-state index contributed by atoms with van der Waals surface area (Å²) in [5.74, 6) is -0.606. The van der Waals surface area contributed by atoms with Crippen LogP contribution >= 0.6 is 0 Å². The van der Waals surface area contributed by atoms with Crippen LogP contribution in [0, 0.1) is 0 Å². The van der Waals surface area contributed by atoms with Crippen LogP contribution in [0.5, 0.6) is 5.75 Å². The number of carbonyl (C=O) groups excluding carboxylic acids is 1. The molecule has 2 saturated heterocycles. The van der Waals surface area contributed by atoms with Gasteiger partial charge in [0.05, 0.1) is 11.3 Å². The Balaban J connectivity index is 1.68. The standard InChI is InChI=1S/C16H19F3N2O5S/c1-2-21-14(22)11-15(26-21)7-9-20(10-8-15)27(23,24)13-5-3-12(4-6-13)25-16(17,18)19/h3-6H,2,7-11H2,1H3. The summed E-state index contributed by atoms with van der Waals surface area (Å²) in [7, 11) is -3.86. The van der Waals surface area contributed by atoms with Crippen LogP contribution in [0.25, 0.3) is 0 Å². The lowest BCUT2D eigenvalue weighted by molar-refractivity contribution is -0.274. The Morgan fingerprint density at radius 2 is 1.78 bits per heavy atom. The van der Waals surface area contributed by atoms with Gasteiger partial charge in [-0.25, -0.2) is 13.5 Å². The van der Waals surface area contributed by atoms with E-state index < -0.39 is 27.7 Å². The van der Waals surface area contributed by atoms with Crippen molar-refractivity contribution in [2.24, 2.45) is 0 Å². The lowest BCUT2D eigenvalue weighted by atomic mass is 9.89. The lowest BCUT2D eigenvalue weighted by Gasteiger charge is -2.37. The summed E-state index contributed by atoms with van der Waals surface area (Å²) < 4.78 is 67.0. The number of ether oxygens (including phenoxy) is 1. The lowest BCUT2D eigenvalue weighted by Crippen LogP contribution is -2.47. The molecular formula is C16H19F3N2O5S. The zero-order valence-corrected chi connectivity index (χ0v) is 15.3. The molecule has 27 heavy (non-hydrogen) atoms. The maximum absolute atomic E-state index is 12.7. The number of rotatable bonds is 4. The molecule has 0 aromatic heterocycles. The number of nitrogens with zero attached hydrogens (tertiary/aromatic N) is 2. The number of hydrogen-bond acceptors (Lipinski definition) is 5. The van der Waals surface area contributed by atoms with E-state index >= 15 is 0 Å². The van der Waals surface area contributed by atoms with Crippen LogP contribution in [-0.2, 0) is 19.7 Å². The van der Waals surface area contributed by atoms with Crippen LogP contribution in [0.3, 0.4) is 0 Å². The first-order chi connectivity index (χ1) is 12.5. The van der Waals surface area contributed by atoms with Crippen LogP contribution in [-0.4, -0.2) is 55.3 Å². The van der Waals surface area contributed by atoms with E-state index in [4.69, 9.17) is 4.84 Å². The summed E-state index contributed by atoms with van der Waals surface area (Å²) in [6, 6.07) is 4.08. The van der Waals surface area contributed by atoms with E-state index in [-0.39, 0.29) is 30.3 Å². The third kappa shape index (κ3) is 4.19. The van der Waals surface area contributed by atoms with E-state index in [0.717, 1.165) is 24.3 Å². The number of piperidine rings is 1. The Kier molecular flexibility index (Phi) is 5.12. The number of hydrogen-bond donors (Lipinski definition) is 0. The molecule has 0 unspecified atom stereocenters. The largest absolute Gasteiger partial charge is 0.573 e. The Bertz CT molecular complexity index is 802. The van der Waals surface area contributed by atoms with Gasteiger partial charge in [0.15, 0.2) is 0 Å². The number of halogens is 3. The van der Waals surface area contributed by atoms with Crippen LogP contribution in [0.15, 0.2) is 29.2 Å². The van der Waals surface area contributed by atoms with E-state index in [9.17, 15) is 26.4 Å². The monoisotopic (exact) mass is 408 g/mol. The third-order valence-electron chi connectivity index (χ3n) is 4.67. The van der Waals surface area contributed by atoms with Gasteiger partial charge in [0.1, 0.15) is 11.4 Å². The van der Waals surface area contributed by atoms with Crippen molar-refractivity contribution in [1.82, 2.24) is 9.37 Å². The molecule has 2 fully saturated rings. The first kappa shape index (κ1) is 19.9. The van der Waals surface area contributed by atoms with Crippen molar-refractivity contribution in [1.29, 1.82) is 0 Å². The van der Waals surface area contributed by atoms with E-state index in [0.29, 0.717) is 19.4 Å². The fourth-order valence-electron chi connectivity index (χ4n) is 3.29. The average Bonchev–Trinajstić information content (AvgIpc) is 2.89. The first-order valence-corrected chi connectivity index (χ1v) is 9.84. The smallest absolute Gasteiger partial charge is 0.406 e. The molecule has 11 heteroatoms. The molecule has 0 saturated carbocycles. The summed E-state index contributed by atoms with van der Waals surface area (Å²) in [5.41, 5.74) is -0.677. The van der Waals surface area contributed by atoms with Gasteiger partial charge in [0.25, 0.3) is 0 Å². The second-order valence-electron chi connectivity index (χ2n) is 6.46. The molecule has 2 heterocycles. The number of amides is 1. The Morgan fingerprint density at radius 3 is 2.26 bits per heavy atom. The second kappa shape index (κ2) is 6.95. The molecule has 2 aliphatic rings. The molecule has 150 valence electrons. The predicted octanol–water partition coefficient (Wildman–Crippen LogP) is 2.29. The van der Waals surface area contributed by atoms with Crippen molar-refractivity contribution in [3.05, 3.63) is 24.3 Å². The molecule has 1 aromatic carbocycles. The van der Waals surface area contributed by atoms with E-state index in [1.54, 1.807) is 6.92 Å². The summed E-state index contributed by atoms with van der Waals surface area (Å²) in [4.78, 5) is 17.5. The van der Waals surface area contributed by atoms with Crippen molar-refractivity contribution >= 4 is 15.9 Å². The summed E-state index contributed by atoms with van der Waals surface area (Å²) in [5, 5.41) is 1.30. The van der Waals surface area contributed by atoms with Crippen molar-refractivity contribution in [2.75, 3.05) is 19.6 Å². The van der Waals surface area contributed by atoms with Crippen LogP contribution in [0.1, 0.15) is 26.2 Å². The molecule has 1 aromatic rings.